The van der Waals surface area contributed by atoms with Gasteiger partial charge in [-0.15, -0.1) is 0 Å². The molecular formula is C13H9BrF2N2. The first-order valence-electron chi connectivity index (χ1n) is 5.15. The predicted octanol–water partition coefficient (Wildman–Crippen LogP) is 4.17. The predicted molar refractivity (Wildman–Crippen MR) is 71.7 cm³/mol. The summed E-state index contributed by atoms with van der Waals surface area (Å²) in [6.07, 6.45) is 1.30. The molecule has 0 atom stereocenters. The molecular weight excluding hydrogens is 302 g/mol. The number of benzene rings is 2. The molecule has 0 aromatic heterocycles. The first-order valence-corrected chi connectivity index (χ1v) is 5.95. The van der Waals surface area contributed by atoms with Crippen molar-refractivity contribution in [3.63, 3.8) is 0 Å². The standard InChI is InChI=1S/C13H9BrF2N2/c14-12-6-9(15)7-13(16)11(12)8-17-18-10-4-2-1-3-5-10/h1-8,18H. The van der Waals surface area contributed by atoms with E-state index in [9.17, 15) is 8.78 Å². The van der Waals surface area contributed by atoms with Gasteiger partial charge in [0.2, 0.25) is 0 Å². The van der Waals surface area contributed by atoms with Crippen LogP contribution in [0.4, 0.5) is 14.5 Å². The minimum absolute atomic E-state index is 0.194. The molecule has 0 saturated carbocycles. The Morgan fingerprint density at radius 3 is 2.50 bits per heavy atom. The second-order valence-corrected chi connectivity index (χ2v) is 4.37. The van der Waals surface area contributed by atoms with Crippen molar-refractivity contribution in [2.24, 2.45) is 5.10 Å². The fourth-order valence-corrected chi connectivity index (χ4v) is 1.87. The van der Waals surface area contributed by atoms with Gasteiger partial charge in [0, 0.05) is 16.1 Å². The molecule has 2 aromatic carbocycles. The van der Waals surface area contributed by atoms with Gasteiger partial charge in [0.05, 0.1) is 11.9 Å². The first kappa shape index (κ1) is 12.7. The molecule has 18 heavy (non-hydrogen) atoms. The third-order valence-corrected chi connectivity index (χ3v) is 2.86. The summed E-state index contributed by atoms with van der Waals surface area (Å²) in [6, 6.07) is 11.2. The van der Waals surface area contributed by atoms with Gasteiger partial charge in [-0.3, -0.25) is 5.43 Å². The van der Waals surface area contributed by atoms with Crippen LogP contribution in [0.3, 0.4) is 0 Å². The molecule has 0 aliphatic rings. The maximum Gasteiger partial charge on any atom is 0.136 e. The third kappa shape index (κ3) is 3.13. The maximum absolute atomic E-state index is 13.4. The molecule has 0 amide bonds. The average Bonchev–Trinajstić information content (AvgIpc) is 2.34. The number of hydrogen-bond donors (Lipinski definition) is 1. The van der Waals surface area contributed by atoms with Crippen LogP contribution in [0.5, 0.6) is 0 Å². The van der Waals surface area contributed by atoms with Gasteiger partial charge in [0.25, 0.3) is 0 Å². The molecule has 2 nitrogen and oxygen atoms in total. The molecule has 0 aliphatic heterocycles. The number of nitrogens with one attached hydrogen (secondary N) is 1. The van der Waals surface area contributed by atoms with Crippen molar-refractivity contribution in [1.29, 1.82) is 0 Å². The average molecular weight is 311 g/mol. The van der Waals surface area contributed by atoms with E-state index in [1.54, 1.807) is 0 Å². The van der Waals surface area contributed by atoms with Gasteiger partial charge in [-0.2, -0.15) is 5.10 Å². The van der Waals surface area contributed by atoms with E-state index >= 15 is 0 Å². The van der Waals surface area contributed by atoms with E-state index in [2.05, 4.69) is 26.5 Å². The second kappa shape index (κ2) is 5.73. The van der Waals surface area contributed by atoms with Crippen LogP contribution in [0.1, 0.15) is 5.56 Å². The molecule has 92 valence electrons. The van der Waals surface area contributed by atoms with Crippen LogP contribution in [0.15, 0.2) is 52.0 Å². The maximum atomic E-state index is 13.4. The molecule has 0 aliphatic carbocycles. The monoisotopic (exact) mass is 310 g/mol. The molecule has 0 saturated heterocycles. The molecule has 5 heteroatoms. The van der Waals surface area contributed by atoms with Gasteiger partial charge >= 0.3 is 0 Å². The third-order valence-electron chi connectivity index (χ3n) is 2.20. The number of hydrazone groups is 1. The molecule has 2 aromatic rings. The van der Waals surface area contributed by atoms with E-state index in [0.717, 1.165) is 11.8 Å². The Labute approximate surface area is 111 Å². The number of hydrogen-bond acceptors (Lipinski definition) is 2. The number of rotatable bonds is 3. The Kier molecular flexibility index (Phi) is 4.04. The highest BCUT2D eigenvalue weighted by Gasteiger charge is 2.07. The van der Waals surface area contributed by atoms with Gasteiger partial charge in [0.15, 0.2) is 0 Å². The lowest BCUT2D eigenvalue weighted by molar-refractivity contribution is 0.580. The Morgan fingerprint density at radius 2 is 1.83 bits per heavy atom. The Bertz CT molecular complexity index is 547. The topological polar surface area (TPSA) is 24.4 Å². The summed E-state index contributed by atoms with van der Waals surface area (Å²) in [6.45, 7) is 0. The smallest absolute Gasteiger partial charge is 0.136 e. The van der Waals surface area contributed by atoms with Crippen molar-refractivity contribution in [3.05, 3.63) is 64.1 Å². The molecule has 0 heterocycles. The highest BCUT2D eigenvalue weighted by atomic mass is 79.9. The van der Waals surface area contributed by atoms with Crippen molar-refractivity contribution in [2.75, 3.05) is 5.43 Å². The van der Waals surface area contributed by atoms with Gasteiger partial charge in [-0.25, -0.2) is 8.78 Å². The minimum Gasteiger partial charge on any atom is -0.279 e. The fourth-order valence-electron chi connectivity index (χ4n) is 1.36. The normalized spacial score (nSPS) is 10.8. The van der Waals surface area contributed by atoms with Crippen LogP contribution in [-0.4, -0.2) is 6.21 Å². The van der Waals surface area contributed by atoms with E-state index in [4.69, 9.17) is 0 Å². The molecule has 0 radical (unpaired) electrons. The largest absolute Gasteiger partial charge is 0.279 e. The van der Waals surface area contributed by atoms with Crippen LogP contribution in [-0.2, 0) is 0 Å². The SMILES string of the molecule is Fc1cc(F)c(C=NNc2ccccc2)c(Br)c1. The lowest BCUT2D eigenvalue weighted by Crippen LogP contribution is -1.95. The van der Waals surface area contributed by atoms with Crippen molar-refractivity contribution < 1.29 is 8.78 Å². The van der Waals surface area contributed by atoms with Crippen LogP contribution in [0.2, 0.25) is 0 Å². The van der Waals surface area contributed by atoms with Crippen LogP contribution in [0.25, 0.3) is 0 Å². The van der Waals surface area contributed by atoms with E-state index < -0.39 is 11.6 Å². The summed E-state index contributed by atoms with van der Waals surface area (Å²) in [4.78, 5) is 0. The van der Waals surface area contributed by atoms with Gasteiger partial charge < -0.3 is 0 Å². The highest BCUT2D eigenvalue weighted by Crippen LogP contribution is 2.20. The molecule has 1 N–H and O–H groups in total. The van der Waals surface area contributed by atoms with Crippen LogP contribution < -0.4 is 5.43 Å². The summed E-state index contributed by atoms with van der Waals surface area (Å²) in [7, 11) is 0. The first-order chi connectivity index (χ1) is 8.66. The van der Waals surface area contributed by atoms with Crippen LogP contribution in [0, 0.1) is 11.6 Å². The number of anilines is 1. The zero-order valence-electron chi connectivity index (χ0n) is 9.20. The zero-order valence-corrected chi connectivity index (χ0v) is 10.8. The van der Waals surface area contributed by atoms with Gasteiger partial charge in [0.1, 0.15) is 11.6 Å². The quantitative estimate of drug-likeness (QED) is 0.667. The number of halogens is 3. The molecule has 0 fully saturated rings. The Hall–Kier alpha value is -1.75. The lowest BCUT2D eigenvalue weighted by atomic mass is 10.2. The number of para-hydroxylation sites is 1. The van der Waals surface area contributed by atoms with Crippen molar-refractivity contribution in [3.8, 4) is 0 Å². The summed E-state index contributed by atoms with van der Waals surface area (Å²) in [5, 5.41) is 3.90. The Balaban J connectivity index is 2.15. The Morgan fingerprint density at radius 1 is 1.11 bits per heavy atom. The fraction of sp³-hybridized carbons (Fsp3) is 0. The summed E-state index contributed by atoms with van der Waals surface area (Å²) >= 11 is 3.09. The van der Waals surface area contributed by atoms with E-state index in [0.29, 0.717) is 4.47 Å². The van der Waals surface area contributed by atoms with E-state index in [1.807, 2.05) is 30.3 Å². The molecule has 2 rings (SSSR count). The van der Waals surface area contributed by atoms with E-state index in [-0.39, 0.29) is 5.56 Å². The lowest BCUT2D eigenvalue weighted by Gasteiger charge is -2.02. The number of nitrogens with zero attached hydrogens (tertiary/aromatic N) is 1. The van der Waals surface area contributed by atoms with Crippen molar-refractivity contribution in [1.82, 2.24) is 0 Å². The second-order valence-electron chi connectivity index (χ2n) is 3.52. The van der Waals surface area contributed by atoms with Crippen LogP contribution >= 0.6 is 15.9 Å². The molecule has 0 unspecified atom stereocenters. The highest BCUT2D eigenvalue weighted by molar-refractivity contribution is 9.10. The van der Waals surface area contributed by atoms with Crippen molar-refractivity contribution >= 4 is 27.8 Å². The van der Waals surface area contributed by atoms with Gasteiger partial charge in [-0.05, 0) is 34.1 Å². The molecule has 0 spiro atoms. The van der Waals surface area contributed by atoms with Crippen molar-refractivity contribution in [2.45, 2.75) is 0 Å². The minimum atomic E-state index is -0.666. The summed E-state index contributed by atoms with van der Waals surface area (Å²) in [5.74, 6) is -1.30. The molecule has 0 bridgehead atoms. The van der Waals surface area contributed by atoms with E-state index in [1.165, 1.54) is 12.3 Å². The summed E-state index contributed by atoms with van der Waals surface area (Å²) in [5.41, 5.74) is 3.73. The summed E-state index contributed by atoms with van der Waals surface area (Å²) < 4.78 is 26.6. The van der Waals surface area contributed by atoms with Gasteiger partial charge in [-0.1, -0.05) is 18.2 Å². The zero-order chi connectivity index (χ0) is 13.0.